The predicted octanol–water partition coefficient (Wildman–Crippen LogP) is 1.95. The van der Waals surface area contributed by atoms with Crippen LogP contribution in [0, 0.1) is 5.92 Å². The minimum Gasteiger partial charge on any atom is -0.334 e. The van der Waals surface area contributed by atoms with Crippen molar-refractivity contribution in [2.75, 3.05) is 33.7 Å². The lowest BCUT2D eigenvalue weighted by atomic mass is 10.00. The van der Waals surface area contributed by atoms with Crippen LogP contribution < -0.4 is 5.32 Å². The molecule has 2 atom stereocenters. The summed E-state index contributed by atoms with van der Waals surface area (Å²) in [6, 6.07) is -0.655. The summed E-state index contributed by atoms with van der Waals surface area (Å²) in [5.41, 5.74) is 1.06. The Morgan fingerprint density at radius 3 is 2.52 bits per heavy atom. The molecule has 0 aromatic rings. The second-order valence-corrected chi connectivity index (χ2v) is 9.05. The van der Waals surface area contributed by atoms with E-state index in [1.807, 2.05) is 6.08 Å². The van der Waals surface area contributed by atoms with Crippen LogP contribution >= 0.6 is 0 Å². The third kappa shape index (κ3) is 4.66. The second kappa shape index (κ2) is 7.53. The number of carbonyl (C=O) groups is 1. The van der Waals surface area contributed by atoms with Crippen LogP contribution in [0.3, 0.4) is 0 Å². The van der Waals surface area contributed by atoms with E-state index in [1.54, 1.807) is 0 Å². The maximum absolute atomic E-state index is 13.3. The van der Waals surface area contributed by atoms with Gasteiger partial charge in [-0.1, -0.05) is 11.6 Å². The quantitative estimate of drug-likeness (QED) is 0.755. The third-order valence-electron chi connectivity index (χ3n) is 4.72. The lowest BCUT2D eigenvalue weighted by molar-refractivity contribution is -0.169. The van der Waals surface area contributed by atoms with Crippen molar-refractivity contribution in [2.45, 2.75) is 37.1 Å². The van der Waals surface area contributed by atoms with Gasteiger partial charge < -0.3 is 10.2 Å². The zero-order valence-electron chi connectivity index (χ0n) is 14.3. The van der Waals surface area contributed by atoms with Crippen molar-refractivity contribution in [2.24, 2.45) is 5.92 Å². The van der Waals surface area contributed by atoms with Crippen molar-refractivity contribution < 1.29 is 26.4 Å². The van der Waals surface area contributed by atoms with Crippen molar-refractivity contribution >= 4 is 16.1 Å². The van der Waals surface area contributed by atoms with E-state index < -0.39 is 46.5 Å². The van der Waals surface area contributed by atoms with Crippen molar-refractivity contribution in [1.82, 2.24) is 14.5 Å². The number of alkyl halides is 3. The number of carbonyl (C=O) groups excluding carboxylic acids is 1. The zero-order valence-corrected chi connectivity index (χ0v) is 15.2. The largest absolute Gasteiger partial charge is 0.394 e. The highest BCUT2D eigenvalue weighted by atomic mass is 32.2. The maximum atomic E-state index is 13.3. The van der Waals surface area contributed by atoms with E-state index in [-0.39, 0.29) is 6.54 Å². The van der Waals surface area contributed by atoms with Crippen molar-refractivity contribution in [3.8, 4) is 0 Å². The van der Waals surface area contributed by atoms with Gasteiger partial charge in [-0.15, -0.1) is 0 Å². The molecule has 10 heteroatoms. The summed E-state index contributed by atoms with van der Waals surface area (Å²) in [6.07, 6.45) is 1.28. The highest BCUT2D eigenvalue weighted by molar-refractivity contribution is 7.89. The number of likely N-dealkylation sites (tertiary alicyclic amines) is 1. The molecule has 0 aromatic heterocycles. The van der Waals surface area contributed by atoms with Gasteiger partial charge in [0.2, 0.25) is 10.0 Å². The molecule has 25 heavy (non-hydrogen) atoms. The average molecular weight is 383 g/mol. The standard InChI is InChI=1S/C15H24F3N3O3S/c1-20(2)25(23,24)13-10-21(9-12(13)15(16,17)18)14(22)19-8-11-6-4-3-5-7-11/h6,12-13H,3-5,7-10H2,1-2H3,(H,19,22)/t12-,13-/m1/s1. The lowest BCUT2D eigenvalue weighted by Gasteiger charge is -2.23. The van der Waals surface area contributed by atoms with Crippen molar-refractivity contribution in [3.63, 3.8) is 0 Å². The maximum Gasteiger partial charge on any atom is 0.394 e. The summed E-state index contributed by atoms with van der Waals surface area (Å²) >= 11 is 0. The number of allylic oxidation sites excluding steroid dienone is 1. The van der Waals surface area contributed by atoms with E-state index in [4.69, 9.17) is 0 Å². The van der Waals surface area contributed by atoms with Gasteiger partial charge in [0, 0.05) is 33.7 Å². The molecule has 1 aliphatic carbocycles. The first-order chi connectivity index (χ1) is 11.5. The molecule has 0 spiro atoms. The van der Waals surface area contributed by atoms with Crippen LogP contribution in [0.4, 0.5) is 18.0 Å². The molecule has 2 rings (SSSR count). The highest BCUT2D eigenvalue weighted by Crippen LogP contribution is 2.37. The number of hydrogen-bond acceptors (Lipinski definition) is 3. The van der Waals surface area contributed by atoms with E-state index in [9.17, 15) is 26.4 Å². The summed E-state index contributed by atoms with van der Waals surface area (Å²) in [5, 5.41) is 0.932. The monoisotopic (exact) mass is 383 g/mol. The Bertz CT molecular complexity index is 632. The first-order valence-corrected chi connectivity index (χ1v) is 9.72. The van der Waals surface area contributed by atoms with Crippen LogP contribution in [0.2, 0.25) is 0 Å². The molecule has 2 amide bonds. The molecule has 0 radical (unpaired) electrons. The molecule has 6 nitrogen and oxygen atoms in total. The summed E-state index contributed by atoms with van der Waals surface area (Å²) in [6.45, 7) is -0.821. The van der Waals surface area contributed by atoms with Gasteiger partial charge in [-0.25, -0.2) is 17.5 Å². The number of rotatable bonds is 4. The van der Waals surface area contributed by atoms with Crippen LogP contribution in [-0.4, -0.2) is 68.8 Å². The zero-order chi connectivity index (χ0) is 18.8. The number of amides is 2. The molecule has 1 heterocycles. The van der Waals surface area contributed by atoms with Crippen LogP contribution in [0.5, 0.6) is 0 Å². The molecule has 144 valence electrons. The Balaban J connectivity index is 2.07. The normalized spacial score (nSPS) is 25.2. The van der Waals surface area contributed by atoms with Gasteiger partial charge in [0.25, 0.3) is 0 Å². The third-order valence-corrected chi connectivity index (χ3v) is 6.98. The van der Waals surface area contributed by atoms with E-state index >= 15 is 0 Å². The average Bonchev–Trinajstić information content (AvgIpc) is 3.00. The number of nitrogens with zero attached hydrogens (tertiary/aromatic N) is 2. The Hall–Kier alpha value is -1.29. The van der Waals surface area contributed by atoms with E-state index in [1.165, 1.54) is 14.1 Å². The smallest absolute Gasteiger partial charge is 0.334 e. The Kier molecular flexibility index (Phi) is 6.03. The summed E-state index contributed by atoms with van der Waals surface area (Å²) in [7, 11) is -1.74. The summed E-state index contributed by atoms with van der Waals surface area (Å²) in [5.74, 6) is -2.08. The lowest BCUT2D eigenvalue weighted by Crippen LogP contribution is -2.43. The number of halogens is 3. The van der Waals surface area contributed by atoms with Gasteiger partial charge in [-0.3, -0.25) is 0 Å². The van der Waals surface area contributed by atoms with E-state index in [2.05, 4.69) is 5.32 Å². The second-order valence-electron chi connectivity index (χ2n) is 6.69. The van der Waals surface area contributed by atoms with Crippen LogP contribution in [0.25, 0.3) is 0 Å². The molecule has 0 bridgehead atoms. The molecule has 1 aliphatic heterocycles. The van der Waals surface area contributed by atoms with Crippen molar-refractivity contribution in [3.05, 3.63) is 11.6 Å². The fourth-order valence-electron chi connectivity index (χ4n) is 3.19. The molecular weight excluding hydrogens is 359 g/mol. The fourth-order valence-corrected chi connectivity index (χ4v) is 4.76. The van der Waals surface area contributed by atoms with Gasteiger partial charge in [-0.05, 0) is 25.7 Å². The Labute approximate surface area is 146 Å². The molecule has 1 N–H and O–H groups in total. The van der Waals surface area contributed by atoms with Crippen LogP contribution in [0.15, 0.2) is 11.6 Å². The van der Waals surface area contributed by atoms with E-state index in [0.717, 1.165) is 40.5 Å². The number of urea groups is 1. The topological polar surface area (TPSA) is 69.7 Å². The van der Waals surface area contributed by atoms with Gasteiger partial charge in [0.05, 0.1) is 5.92 Å². The molecule has 1 fully saturated rings. The fraction of sp³-hybridized carbons (Fsp3) is 0.800. The van der Waals surface area contributed by atoms with Gasteiger partial charge in [0.1, 0.15) is 5.25 Å². The molecule has 0 aromatic carbocycles. The summed E-state index contributed by atoms with van der Waals surface area (Å²) in [4.78, 5) is 13.2. The van der Waals surface area contributed by atoms with Gasteiger partial charge >= 0.3 is 12.2 Å². The number of sulfonamides is 1. The number of hydrogen-bond donors (Lipinski definition) is 1. The Morgan fingerprint density at radius 1 is 1.32 bits per heavy atom. The minimum atomic E-state index is -4.69. The van der Waals surface area contributed by atoms with E-state index in [0.29, 0.717) is 0 Å². The first kappa shape index (κ1) is 20.0. The first-order valence-electron chi connectivity index (χ1n) is 8.22. The van der Waals surface area contributed by atoms with Gasteiger partial charge in [0.15, 0.2) is 0 Å². The predicted molar refractivity (Wildman–Crippen MR) is 87.5 cm³/mol. The molecule has 0 unspecified atom stereocenters. The number of nitrogens with one attached hydrogen (secondary N) is 1. The molecule has 0 saturated carbocycles. The van der Waals surface area contributed by atoms with Crippen LogP contribution in [0.1, 0.15) is 25.7 Å². The van der Waals surface area contributed by atoms with Crippen molar-refractivity contribution in [1.29, 1.82) is 0 Å². The van der Waals surface area contributed by atoms with Crippen LogP contribution in [-0.2, 0) is 10.0 Å². The Morgan fingerprint density at radius 2 is 2.00 bits per heavy atom. The molecular formula is C15H24F3N3O3S. The molecule has 2 aliphatic rings. The van der Waals surface area contributed by atoms with Gasteiger partial charge in [-0.2, -0.15) is 13.2 Å². The SMILES string of the molecule is CN(C)S(=O)(=O)[C@@H]1CN(C(=O)NCC2=CCCCC2)C[C@H]1C(F)(F)F. The summed E-state index contributed by atoms with van der Waals surface area (Å²) < 4.78 is 65.0. The highest BCUT2D eigenvalue weighted by Gasteiger charge is 2.55. The molecule has 1 saturated heterocycles. The minimum absolute atomic E-state index is 0.289.